The highest BCUT2D eigenvalue weighted by Gasteiger charge is 2.31. The molecule has 0 bridgehead atoms. The first-order chi connectivity index (χ1) is 17.3. The van der Waals surface area contributed by atoms with Crippen LogP contribution in [0.3, 0.4) is 0 Å². The van der Waals surface area contributed by atoms with Gasteiger partial charge in [-0.1, -0.05) is 17.7 Å². The van der Waals surface area contributed by atoms with Gasteiger partial charge in [-0.05, 0) is 50.6 Å². The van der Waals surface area contributed by atoms with Crippen molar-refractivity contribution in [2.24, 2.45) is 4.99 Å². The molecule has 9 heteroatoms. The first kappa shape index (κ1) is 25.2. The van der Waals surface area contributed by atoms with Crippen molar-refractivity contribution in [2.75, 3.05) is 44.6 Å². The second kappa shape index (κ2) is 10.4. The maximum atomic E-state index is 13.2. The third-order valence-corrected chi connectivity index (χ3v) is 7.33. The minimum Gasteiger partial charge on any atom is -0.493 e. The SMILES string of the molecule is COc1cc(C2=NCC(=O)N(CC(=O)Nc3ccc(C)cc3)c3sc(C)c(C)c32)cc(OC)c1OC. The number of amides is 2. The molecule has 2 amide bonds. The van der Waals surface area contributed by atoms with Crippen molar-refractivity contribution in [2.45, 2.75) is 20.8 Å². The van der Waals surface area contributed by atoms with Crippen LogP contribution in [0.15, 0.2) is 41.4 Å². The van der Waals surface area contributed by atoms with E-state index in [0.717, 1.165) is 27.1 Å². The molecule has 1 aliphatic heterocycles. The fourth-order valence-electron chi connectivity index (χ4n) is 4.10. The van der Waals surface area contributed by atoms with E-state index >= 15 is 0 Å². The largest absolute Gasteiger partial charge is 0.493 e. The lowest BCUT2D eigenvalue weighted by Gasteiger charge is -2.20. The van der Waals surface area contributed by atoms with E-state index in [4.69, 9.17) is 19.2 Å². The van der Waals surface area contributed by atoms with Crippen LogP contribution in [-0.4, -0.2) is 51.9 Å². The number of carbonyl (C=O) groups excluding carboxylic acids is 2. The molecular formula is C27H29N3O5S. The lowest BCUT2D eigenvalue weighted by Crippen LogP contribution is -2.38. The van der Waals surface area contributed by atoms with E-state index in [1.54, 1.807) is 21.3 Å². The van der Waals surface area contributed by atoms with E-state index < -0.39 is 0 Å². The fourth-order valence-corrected chi connectivity index (χ4v) is 5.27. The number of carbonyl (C=O) groups is 2. The molecule has 2 heterocycles. The number of aryl methyl sites for hydroxylation is 2. The Balaban J connectivity index is 1.74. The predicted octanol–water partition coefficient (Wildman–Crippen LogP) is 4.52. The Labute approximate surface area is 214 Å². The van der Waals surface area contributed by atoms with Gasteiger partial charge in [-0.3, -0.25) is 19.5 Å². The summed E-state index contributed by atoms with van der Waals surface area (Å²) in [5, 5.41) is 3.58. The quantitative estimate of drug-likeness (QED) is 0.508. The average molecular weight is 508 g/mol. The van der Waals surface area contributed by atoms with Gasteiger partial charge in [0.2, 0.25) is 17.6 Å². The number of hydrogen-bond acceptors (Lipinski definition) is 7. The predicted molar refractivity (Wildman–Crippen MR) is 143 cm³/mol. The second-order valence-electron chi connectivity index (χ2n) is 8.44. The molecule has 8 nitrogen and oxygen atoms in total. The summed E-state index contributed by atoms with van der Waals surface area (Å²) >= 11 is 1.48. The maximum Gasteiger partial charge on any atom is 0.249 e. The highest BCUT2D eigenvalue weighted by Crippen LogP contribution is 2.42. The van der Waals surface area contributed by atoms with Crippen LogP contribution in [0.2, 0.25) is 0 Å². The molecule has 3 aromatic rings. The Morgan fingerprint density at radius 3 is 2.25 bits per heavy atom. The van der Waals surface area contributed by atoms with Gasteiger partial charge in [-0.25, -0.2) is 0 Å². The molecule has 0 aliphatic carbocycles. The Morgan fingerprint density at radius 2 is 1.67 bits per heavy atom. The van der Waals surface area contributed by atoms with Crippen LogP contribution in [0.5, 0.6) is 17.2 Å². The number of methoxy groups -OCH3 is 3. The van der Waals surface area contributed by atoms with Crippen molar-refractivity contribution >= 4 is 39.6 Å². The van der Waals surface area contributed by atoms with Crippen molar-refractivity contribution in [3.63, 3.8) is 0 Å². The lowest BCUT2D eigenvalue weighted by molar-refractivity contribution is -0.120. The molecule has 0 spiro atoms. The number of hydrogen-bond donors (Lipinski definition) is 1. The smallest absolute Gasteiger partial charge is 0.249 e. The van der Waals surface area contributed by atoms with Crippen LogP contribution in [0.1, 0.15) is 27.1 Å². The highest BCUT2D eigenvalue weighted by atomic mass is 32.1. The van der Waals surface area contributed by atoms with Gasteiger partial charge in [0.25, 0.3) is 0 Å². The second-order valence-corrected chi connectivity index (χ2v) is 9.64. The molecule has 1 N–H and O–H groups in total. The lowest BCUT2D eigenvalue weighted by atomic mass is 9.99. The number of rotatable bonds is 7. The van der Waals surface area contributed by atoms with Gasteiger partial charge >= 0.3 is 0 Å². The van der Waals surface area contributed by atoms with Gasteiger partial charge in [0.05, 0.1) is 27.0 Å². The molecular weight excluding hydrogens is 478 g/mol. The minimum absolute atomic E-state index is 0.0936. The summed E-state index contributed by atoms with van der Waals surface area (Å²) < 4.78 is 16.5. The number of benzene rings is 2. The number of nitrogens with one attached hydrogen (secondary N) is 1. The van der Waals surface area contributed by atoms with Gasteiger partial charge in [0.1, 0.15) is 18.1 Å². The van der Waals surface area contributed by atoms with Gasteiger partial charge in [-0.15, -0.1) is 11.3 Å². The fraction of sp³-hybridized carbons (Fsp3) is 0.296. The Morgan fingerprint density at radius 1 is 1.03 bits per heavy atom. The molecule has 0 saturated carbocycles. The highest BCUT2D eigenvalue weighted by molar-refractivity contribution is 7.17. The van der Waals surface area contributed by atoms with Gasteiger partial charge in [0, 0.05) is 21.7 Å². The number of ether oxygens (including phenoxy) is 3. The van der Waals surface area contributed by atoms with Crippen LogP contribution in [-0.2, 0) is 9.59 Å². The summed E-state index contributed by atoms with van der Waals surface area (Å²) in [6.07, 6.45) is 0. The molecule has 1 aromatic heterocycles. The summed E-state index contributed by atoms with van der Waals surface area (Å²) in [7, 11) is 4.66. The molecule has 188 valence electrons. The topological polar surface area (TPSA) is 89.5 Å². The van der Waals surface area contributed by atoms with Crippen molar-refractivity contribution in [3.8, 4) is 17.2 Å². The molecule has 0 unspecified atom stereocenters. The number of thiophene rings is 1. The third kappa shape index (κ3) is 4.79. The molecule has 0 radical (unpaired) electrons. The monoisotopic (exact) mass is 507 g/mol. The molecule has 1 aliphatic rings. The Bertz CT molecular complexity index is 1320. The van der Waals surface area contributed by atoms with Crippen LogP contribution >= 0.6 is 11.3 Å². The van der Waals surface area contributed by atoms with Crippen molar-refractivity contribution in [1.29, 1.82) is 0 Å². The average Bonchev–Trinajstić information content (AvgIpc) is 3.09. The Hall–Kier alpha value is -3.85. The molecule has 2 aromatic carbocycles. The van der Waals surface area contributed by atoms with Gasteiger partial charge in [-0.2, -0.15) is 0 Å². The van der Waals surface area contributed by atoms with E-state index in [1.807, 2.05) is 57.2 Å². The van der Waals surface area contributed by atoms with Gasteiger partial charge < -0.3 is 19.5 Å². The van der Waals surface area contributed by atoms with E-state index in [0.29, 0.717) is 33.6 Å². The van der Waals surface area contributed by atoms with Crippen molar-refractivity contribution in [1.82, 2.24) is 0 Å². The van der Waals surface area contributed by atoms with Crippen LogP contribution < -0.4 is 24.4 Å². The van der Waals surface area contributed by atoms with E-state index in [9.17, 15) is 9.59 Å². The first-order valence-corrected chi connectivity index (χ1v) is 12.2. The first-order valence-electron chi connectivity index (χ1n) is 11.4. The molecule has 0 saturated heterocycles. The molecule has 0 fully saturated rings. The Kier molecular flexibility index (Phi) is 7.30. The van der Waals surface area contributed by atoms with Crippen LogP contribution in [0.25, 0.3) is 0 Å². The number of aliphatic imine (C=N–C) groups is 1. The van der Waals surface area contributed by atoms with Crippen LogP contribution in [0.4, 0.5) is 10.7 Å². The summed E-state index contributed by atoms with van der Waals surface area (Å²) in [4.78, 5) is 33.4. The van der Waals surface area contributed by atoms with E-state index in [2.05, 4.69) is 5.32 Å². The number of nitrogens with zero attached hydrogens (tertiary/aromatic N) is 2. The summed E-state index contributed by atoms with van der Waals surface area (Å²) in [6.45, 7) is 5.77. The van der Waals surface area contributed by atoms with Crippen molar-refractivity contribution in [3.05, 3.63) is 63.5 Å². The zero-order chi connectivity index (χ0) is 26.0. The van der Waals surface area contributed by atoms with E-state index in [-0.39, 0.29) is 24.9 Å². The number of fused-ring (bicyclic) bond motifs is 1. The zero-order valence-electron chi connectivity index (χ0n) is 21.2. The summed E-state index contributed by atoms with van der Waals surface area (Å²) in [5.74, 6) is 0.926. The van der Waals surface area contributed by atoms with Crippen molar-refractivity contribution < 1.29 is 23.8 Å². The number of anilines is 2. The molecule has 4 rings (SSSR count). The third-order valence-electron chi connectivity index (χ3n) is 6.10. The standard InChI is InChI=1S/C27H29N3O5S/c1-15-7-9-19(10-8-15)29-22(31)14-30-23(32)13-28-25(24-16(2)17(3)36-27(24)30)18-11-20(33-4)26(35-6)21(12-18)34-5/h7-12H,13-14H2,1-6H3,(H,29,31). The maximum absolute atomic E-state index is 13.2. The van der Waals surface area contributed by atoms with Crippen LogP contribution in [0, 0.1) is 20.8 Å². The zero-order valence-corrected chi connectivity index (χ0v) is 22.0. The molecule has 36 heavy (non-hydrogen) atoms. The van der Waals surface area contributed by atoms with E-state index in [1.165, 1.54) is 16.2 Å². The summed E-state index contributed by atoms with van der Waals surface area (Å²) in [6, 6.07) is 11.2. The summed E-state index contributed by atoms with van der Waals surface area (Å²) in [5.41, 5.74) is 4.97. The molecule has 0 atom stereocenters. The normalized spacial score (nSPS) is 13.0. The minimum atomic E-state index is -0.280. The van der Waals surface area contributed by atoms with Gasteiger partial charge in [0.15, 0.2) is 11.5 Å².